The maximum Gasteiger partial charge on any atom is 0.410 e. The molecule has 1 aliphatic rings. The van der Waals surface area contributed by atoms with Gasteiger partial charge in [-0.05, 0) is 59.4 Å². The molecule has 0 aromatic carbocycles. The van der Waals surface area contributed by atoms with Crippen LogP contribution >= 0.6 is 0 Å². The van der Waals surface area contributed by atoms with Crippen LogP contribution in [-0.2, 0) is 4.74 Å². The van der Waals surface area contributed by atoms with Crippen LogP contribution in [0.4, 0.5) is 4.79 Å². The highest BCUT2D eigenvalue weighted by atomic mass is 16.6. The van der Waals surface area contributed by atoms with Gasteiger partial charge in [-0.2, -0.15) is 0 Å². The predicted molar refractivity (Wildman–Crippen MR) is 73.5 cm³/mol. The van der Waals surface area contributed by atoms with Gasteiger partial charge >= 0.3 is 6.09 Å². The number of ether oxygens (including phenoxy) is 1. The van der Waals surface area contributed by atoms with Gasteiger partial charge in [0.15, 0.2) is 0 Å². The molecule has 0 saturated carbocycles. The second kappa shape index (κ2) is 6.98. The third-order valence-electron chi connectivity index (χ3n) is 3.11. The summed E-state index contributed by atoms with van der Waals surface area (Å²) in [6.07, 6.45) is 4.63. The van der Waals surface area contributed by atoms with Crippen molar-refractivity contribution in [3.63, 3.8) is 0 Å². The fourth-order valence-electron chi connectivity index (χ4n) is 2.30. The first-order chi connectivity index (χ1) is 9.08. The highest BCUT2D eigenvalue weighted by molar-refractivity contribution is 5.68. The number of rotatable bonds is 4. The van der Waals surface area contributed by atoms with E-state index in [4.69, 9.17) is 13.2 Å². The number of amides is 1. The Balaban J connectivity index is 2.51. The largest absolute Gasteiger partial charge is 0.444 e. The molecule has 2 N–H and O–H groups in total. The molecular weight excluding hydrogens is 228 g/mol. The number of nitrogens with zero attached hydrogens (tertiary/aromatic N) is 1. The fourth-order valence-corrected chi connectivity index (χ4v) is 2.30. The van der Waals surface area contributed by atoms with Crippen molar-refractivity contribution in [2.75, 3.05) is 13.0 Å². The van der Waals surface area contributed by atoms with Crippen molar-refractivity contribution >= 4 is 6.09 Å². The van der Waals surface area contributed by atoms with E-state index < -0.39 is 12.1 Å². The Morgan fingerprint density at radius 3 is 2.78 bits per heavy atom. The molecule has 0 aliphatic carbocycles. The molecule has 106 valence electrons. The predicted octanol–water partition coefficient (Wildman–Crippen LogP) is 2.91. The Bertz CT molecular complexity index is 324. The zero-order chi connectivity index (χ0) is 15.4. The highest BCUT2D eigenvalue weighted by Gasteiger charge is 2.29. The van der Waals surface area contributed by atoms with E-state index in [1.54, 1.807) is 4.90 Å². The summed E-state index contributed by atoms with van der Waals surface area (Å²) in [6, 6.07) is 0.154. The minimum absolute atomic E-state index is 0.154. The van der Waals surface area contributed by atoms with Crippen molar-refractivity contribution in [3.05, 3.63) is 0 Å². The first-order valence-electron chi connectivity index (χ1n) is 7.87. The van der Waals surface area contributed by atoms with E-state index >= 15 is 0 Å². The van der Waals surface area contributed by atoms with Crippen LogP contribution < -0.4 is 5.73 Å². The molecule has 0 bridgehead atoms. The number of hydrogen-bond acceptors (Lipinski definition) is 3. The molecular formula is C14H28N2O2. The van der Waals surface area contributed by atoms with Gasteiger partial charge in [0.25, 0.3) is 0 Å². The minimum Gasteiger partial charge on any atom is -0.444 e. The monoisotopic (exact) mass is 258 g/mol. The Morgan fingerprint density at radius 2 is 2.17 bits per heavy atom. The molecule has 0 radical (unpaired) electrons. The summed E-state index contributed by atoms with van der Waals surface area (Å²) >= 11 is 0. The number of hydrogen-bond donors (Lipinski definition) is 1. The zero-order valence-corrected chi connectivity index (χ0v) is 11.9. The van der Waals surface area contributed by atoms with Gasteiger partial charge in [0.05, 0.1) is 0 Å². The quantitative estimate of drug-likeness (QED) is 0.843. The van der Waals surface area contributed by atoms with Gasteiger partial charge in [-0.1, -0.05) is 6.42 Å². The zero-order valence-electron chi connectivity index (χ0n) is 13.9. The van der Waals surface area contributed by atoms with E-state index in [1.807, 2.05) is 20.8 Å². The van der Waals surface area contributed by atoms with Gasteiger partial charge in [-0.3, -0.25) is 0 Å². The first-order valence-corrected chi connectivity index (χ1v) is 6.87. The molecule has 0 aromatic rings. The molecule has 4 nitrogen and oxygen atoms in total. The molecule has 1 heterocycles. The van der Waals surface area contributed by atoms with Crippen molar-refractivity contribution in [1.29, 1.82) is 0 Å². The normalized spacial score (nSPS) is 23.3. The van der Waals surface area contributed by atoms with E-state index in [2.05, 4.69) is 0 Å². The van der Waals surface area contributed by atoms with Gasteiger partial charge in [-0.25, -0.2) is 4.79 Å². The Kier molecular flexibility index (Phi) is 4.76. The van der Waals surface area contributed by atoms with Crippen LogP contribution in [0.5, 0.6) is 0 Å². The van der Waals surface area contributed by atoms with Gasteiger partial charge in [0.1, 0.15) is 5.60 Å². The summed E-state index contributed by atoms with van der Waals surface area (Å²) in [7, 11) is 0. The van der Waals surface area contributed by atoms with Gasteiger partial charge in [-0.15, -0.1) is 0 Å². The lowest BCUT2D eigenvalue weighted by atomic mass is 9.97. The fraction of sp³-hybridized carbons (Fsp3) is 0.929. The van der Waals surface area contributed by atoms with E-state index in [9.17, 15) is 4.79 Å². The van der Waals surface area contributed by atoms with Gasteiger partial charge in [0.2, 0.25) is 0 Å². The number of likely N-dealkylation sites (tertiary alicyclic amines) is 1. The molecule has 1 fully saturated rings. The lowest BCUT2D eigenvalue weighted by Gasteiger charge is -2.36. The maximum absolute atomic E-state index is 12.2. The maximum atomic E-state index is 12.2. The summed E-state index contributed by atoms with van der Waals surface area (Å²) in [4.78, 5) is 14.0. The van der Waals surface area contributed by atoms with Crippen LogP contribution in [-0.4, -0.2) is 35.7 Å². The van der Waals surface area contributed by atoms with Crippen LogP contribution in [0.15, 0.2) is 0 Å². The minimum atomic E-state index is -1.62. The molecule has 0 spiro atoms. The van der Waals surface area contributed by atoms with E-state index in [1.165, 1.54) is 0 Å². The van der Waals surface area contributed by atoms with Crippen molar-refractivity contribution in [3.8, 4) is 0 Å². The van der Waals surface area contributed by atoms with Crippen LogP contribution in [0.25, 0.3) is 0 Å². The molecule has 18 heavy (non-hydrogen) atoms. The molecule has 4 heteroatoms. The van der Waals surface area contributed by atoms with Crippen LogP contribution in [0.3, 0.4) is 0 Å². The molecule has 1 unspecified atom stereocenters. The standard InChI is InChI=1S/C14H28N2O2/c1-14(2,3)18-13(17)16-11-7-5-9-12(16)8-4-6-10-15/h12H,4-11,15H2,1-3H3/i10D2. The number of carbonyl (C=O) groups excluding carboxylic acids is 1. The number of carbonyl (C=O) groups is 1. The lowest BCUT2D eigenvalue weighted by molar-refractivity contribution is 0.00862. The van der Waals surface area contributed by atoms with Gasteiger partial charge in [0, 0.05) is 15.3 Å². The third-order valence-corrected chi connectivity index (χ3v) is 3.11. The molecule has 1 atom stereocenters. The van der Waals surface area contributed by atoms with Gasteiger partial charge < -0.3 is 15.4 Å². The van der Waals surface area contributed by atoms with Crippen molar-refractivity contribution in [2.45, 2.75) is 70.9 Å². The summed E-state index contributed by atoms with van der Waals surface area (Å²) in [6.45, 7) is 4.72. The summed E-state index contributed by atoms with van der Waals surface area (Å²) in [5.41, 5.74) is 4.88. The molecule has 1 rings (SSSR count). The molecule has 1 aliphatic heterocycles. The average Bonchev–Trinajstić information content (AvgIpc) is 2.25. The first kappa shape index (κ1) is 12.3. The summed E-state index contributed by atoms with van der Waals surface area (Å²) in [5.74, 6) is 0. The van der Waals surface area contributed by atoms with Crippen molar-refractivity contribution in [1.82, 2.24) is 4.90 Å². The number of piperidine rings is 1. The van der Waals surface area contributed by atoms with Crippen molar-refractivity contribution < 1.29 is 12.3 Å². The summed E-state index contributed by atoms with van der Waals surface area (Å²) < 4.78 is 20.1. The van der Waals surface area contributed by atoms with Crippen LogP contribution in [0.2, 0.25) is 0 Å². The highest BCUT2D eigenvalue weighted by Crippen LogP contribution is 2.23. The average molecular weight is 258 g/mol. The lowest BCUT2D eigenvalue weighted by Crippen LogP contribution is -2.46. The number of nitrogens with two attached hydrogens (primary N) is 1. The molecule has 0 aromatic heterocycles. The topological polar surface area (TPSA) is 55.6 Å². The molecule has 1 saturated heterocycles. The second-order valence-electron chi connectivity index (χ2n) is 5.92. The summed E-state index contributed by atoms with van der Waals surface area (Å²) in [5, 5.41) is 0. The Morgan fingerprint density at radius 1 is 1.44 bits per heavy atom. The second-order valence-corrected chi connectivity index (χ2v) is 5.92. The SMILES string of the molecule is [2H]C([2H])(N)CCCC1CCCCN1C(=O)OC(C)(C)C. The molecule has 1 amide bonds. The van der Waals surface area contributed by atoms with Crippen LogP contribution in [0.1, 0.15) is 62.0 Å². The van der Waals surface area contributed by atoms with Crippen molar-refractivity contribution in [2.24, 2.45) is 5.73 Å². The van der Waals surface area contributed by atoms with E-state index in [0.29, 0.717) is 12.8 Å². The van der Waals surface area contributed by atoms with E-state index in [0.717, 1.165) is 32.2 Å². The van der Waals surface area contributed by atoms with Crippen LogP contribution in [0, 0.1) is 0 Å². The van der Waals surface area contributed by atoms with E-state index in [-0.39, 0.29) is 12.1 Å². The Hall–Kier alpha value is -0.770. The Labute approximate surface area is 114 Å². The third kappa shape index (κ3) is 5.25. The smallest absolute Gasteiger partial charge is 0.410 e.